The molecule has 0 unspecified atom stereocenters. The Morgan fingerprint density at radius 2 is 1.76 bits per heavy atom. The lowest BCUT2D eigenvalue weighted by molar-refractivity contribution is 0.291. The summed E-state index contributed by atoms with van der Waals surface area (Å²) >= 11 is 0. The summed E-state index contributed by atoms with van der Waals surface area (Å²) in [5.41, 5.74) is 1.14. The van der Waals surface area contributed by atoms with Gasteiger partial charge in [0.05, 0.1) is 12.3 Å². The number of hydrogen-bond acceptors (Lipinski definition) is 3. The van der Waals surface area contributed by atoms with Gasteiger partial charge >= 0.3 is 0 Å². The molecular weight excluding hydrogens is 260 g/mol. The van der Waals surface area contributed by atoms with Crippen molar-refractivity contribution in [2.75, 3.05) is 6.61 Å². The Bertz CT molecular complexity index is 385. The molecule has 1 N–H and O–H groups in total. The van der Waals surface area contributed by atoms with Gasteiger partial charge in [0.1, 0.15) is 0 Å². The number of nitrogens with zero attached hydrogens (tertiary/aromatic N) is 1. The molecular formula is C18H32N2O. The number of hydrogen-bond donors (Lipinski definition) is 1. The van der Waals surface area contributed by atoms with Crippen molar-refractivity contribution >= 4 is 0 Å². The summed E-state index contributed by atoms with van der Waals surface area (Å²) in [5.74, 6) is 0.747. The van der Waals surface area contributed by atoms with E-state index >= 15 is 0 Å². The summed E-state index contributed by atoms with van der Waals surface area (Å²) in [6, 6.07) is 6.00. The zero-order valence-electron chi connectivity index (χ0n) is 14.2. The number of unbranched alkanes of at least 4 members (excludes halogenated alkanes) is 5. The Balaban J connectivity index is 2.23. The molecule has 0 aliphatic rings. The highest BCUT2D eigenvalue weighted by Gasteiger charge is 2.09. The first-order chi connectivity index (χ1) is 10.0. The van der Waals surface area contributed by atoms with Gasteiger partial charge in [0.15, 0.2) is 0 Å². The molecule has 0 aromatic carbocycles. The van der Waals surface area contributed by atoms with E-state index in [1.54, 1.807) is 0 Å². The second kappa shape index (κ2) is 9.78. The van der Waals surface area contributed by atoms with Crippen LogP contribution in [0.1, 0.15) is 71.9 Å². The van der Waals surface area contributed by atoms with E-state index < -0.39 is 0 Å². The van der Waals surface area contributed by atoms with Crippen molar-refractivity contribution in [2.45, 2.75) is 78.3 Å². The molecule has 0 aliphatic carbocycles. The lowest BCUT2D eigenvalue weighted by Crippen LogP contribution is -2.35. The van der Waals surface area contributed by atoms with E-state index in [-0.39, 0.29) is 5.54 Å². The first-order valence-corrected chi connectivity index (χ1v) is 8.35. The molecule has 0 saturated heterocycles. The van der Waals surface area contributed by atoms with Gasteiger partial charge in [-0.1, -0.05) is 45.1 Å². The fraction of sp³-hybridized carbons (Fsp3) is 0.722. The average Bonchev–Trinajstić information content (AvgIpc) is 2.44. The second-order valence-corrected chi connectivity index (χ2v) is 6.69. The van der Waals surface area contributed by atoms with E-state index in [1.165, 1.54) is 32.1 Å². The van der Waals surface area contributed by atoms with E-state index in [2.05, 4.69) is 38.0 Å². The zero-order valence-corrected chi connectivity index (χ0v) is 14.2. The van der Waals surface area contributed by atoms with Gasteiger partial charge in [0.25, 0.3) is 0 Å². The number of aromatic nitrogens is 1. The maximum atomic E-state index is 5.75. The summed E-state index contributed by atoms with van der Waals surface area (Å²) in [7, 11) is 0. The highest BCUT2D eigenvalue weighted by Crippen LogP contribution is 2.11. The molecule has 0 fully saturated rings. The van der Waals surface area contributed by atoms with Crippen LogP contribution in [0.3, 0.4) is 0 Å². The largest absolute Gasteiger partial charge is 0.478 e. The maximum Gasteiger partial charge on any atom is 0.213 e. The SMILES string of the molecule is CCCCCCCCOc1cccc(CNC(C)(C)C)n1. The fourth-order valence-electron chi connectivity index (χ4n) is 2.05. The van der Waals surface area contributed by atoms with Gasteiger partial charge in [-0.05, 0) is 33.3 Å². The second-order valence-electron chi connectivity index (χ2n) is 6.69. The van der Waals surface area contributed by atoms with Crippen molar-refractivity contribution in [1.82, 2.24) is 10.3 Å². The quantitative estimate of drug-likeness (QED) is 0.634. The highest BCUT2D eigenvalue weighted by molar-refractivity contribution is 5.15. The molecule has 120 valence electrons. The molecule has 1 rings (SSSR count). The lowest BCUT2D eigenvalue weighted by atomic mass is 10.1. The van der Waals surface area contributed by atoms with E-state index in [0.717, 1.165) is 31.1 Å². The van der Waals surface area contributed by atoms with Gasteiger partial charge in [-0.2, -0.15) is 0 Å². The summed E-state index contributed by atoms with van der Waals surface area (Å²) in [6.07, 6.45) is 7.70. The molecule has 0 radical (unpaired) electrons. The minimum Gasteiger partial charge on any atom is -0.478 e. The Morgan fingerprint density at radius 3 is 2.48 bits per heavy atom. The third-order valence-corrected chi connectivity index (χ3v) is 3.33. The van der Waals surface area contributed by atoms with Crippen LogP contribution in [0.25, 0.3) is 0 Å². The van der Waals surface area contributed by atoms with Crippen LogP contribution < -0.4 is 10.1 Å². The van der Waals surface area contributed by atoms with Gasteiger partial charge in [-0.3, -0.25) is 0 Å². The number of rotatable bonds is 10. The lowest BCUT2D eigenvalue weighted by Gasteiger charge is -2.20. The minimum absolute atomic E-state index is 0.108. The zero-order chi connectivity index (χ0) is 15.6. The molecule has 0 bridgehead atoms. The summed E-state index contributed by atoms with van der Waals surface area (Å²) < 4.78 is 5.75. The summed E-state index contributed by atoms with van der Waals surface area (Å²) in [5, 5.41) is 3.44. The van der Waals surface area contributed by atoms with Gasteiger partial charge in [0, 0.05) is 18.2 Å². The number of pyridine rings is 1. The Labute approximate surface area is 130 Å². The van der Waals surface area contributed by atoms with E-state index in [0.29, 0.717) is 0 Å². The Hall–Kier alpha value is -1.09. The van der Waals surface area contributed by atoms with Crippen molar-refractivity contribution in [1.29, 1.82) is 0 Å². The predicted octanol–water partition coefficient (Wildman–Crippen LogP) is 4.71. The van der Waals surface area contributed by atoms with Crippen molar-refractivity contribution in [3.8, 4) is 5.88 Å². The maximum absolute atomic E-state index is 5.75. The van der Waals surface area contributed by atoms with Gasteiger partial charge in [-0.25, -0.2) is 4.98 Å². The molecule has 3 nitrogen and oxygen atoms in total. The van der Waals surface area contributed by atoms with E-state index in [4.69, 9.17) is 4.74 Å². The van der Waals surface area contributed by atoms with Crippen LogP contribution in [0.4, 0.5) is 0 Å². The van der Waals surface area contributed by atoms with Crippen LogP contribution in [-0.2, 0) is 6.54 Å². The first kappa shape index (κ1) is 18.0. The standard InChI is InChI=1S/C18H32N2O/c1-5-6-7-8-9-10-14-21-17-13-11-12-16(20-17)15-19-18(2,3)4/h11-13,19H,5-10,14-15H2,1-4H3. The number of ether oxygens (including phenoxy) is 1. The topological polar surface area (TPSA) is 34.1 Å². The normalized spacial score (nSPS) is 11.6. The monoisotopic (exact) mass is 292 g/mol. The molecule has 0 saturated carbocycles. The highest BCUT2D eigenvalue weighted by atomic mass is 16.5. The third kappa shape index (κ3) is 9.46. The van der Waals surface area contributed by atoms with Gasteiger partial charge in [0.2, 0.25) is 5.88 Å². The van der Waals surface area contributed by atoms with Crippen LogP contribution in [-0.4, -0.2) is 17.1 Å². The van der Waals surface area contributed by atoms with Crippen LogP contribution in [0, 0.1) is 0 Å². The van der Waals surface area contributed by atoms with Crippen LogP contribution >= 0.6 is 0 Å². The molecule has 0 aliphatic heterocycles. The molecule has 0 atom stereocenters. The van der Waals surface area contributed by atoms with Crippen LogP contribution in [0.5, 0.6) is 5.88 Å². The van der Waals surface area contributed by atoms with E-state index in [1.807, 2.05) is 18.2 Å². The van der Waals surface area contributed by atoms with Crippen molar-refractivity contribution in [2.24, 2.45) is 0 Å². The third-order valence-electron chi connectivity index (χ3n) is 3.33. The van der Waals surface area contributed by atoms with Gasteiger partial charge in [-0.15, -0.1) is 0 Å². The number of nitrogens with one attached hydrogen (secondary N) is 1. The van der Waals surface area contributed by atoms with Crippen molar-refractivity contribution < 1.29 is 4.74 Å². The average molecular weight is 292 g/mol. The van der Waals surface area contributed by atoms with Gasteiger partial charge < -0.3 is 10.1 Å². The van der Waals surface area contributed by atoms with E-state index in [9.17, 15) is 0 Å². The Kier molecular flexibility index (Phi) is 8.36. The smallest absolute Gasteiger partial charge is 0.213 e. The molecule has 3 heteroatoms. The summed E-state index contributed by atoms with van der Waals surface area (Å²) in [6.45, 7) is 10.3. The van der Waals surface area contributed by atoms with Crippen LogP contribution in [0.2, 0.25) is 0 Å². The molecule has 21 heavy (non-hydrogen) atoms. The summed E-state index contributed by atoms with van der Waals surface area (Å²) in [4.78, 5) is 4.54. The molecule has 1 aromatic rings. The minimum atomic E-state index is 0.108. The fourth-order valence-corrected chi connectivity index (χ4v) is 2.05. The molecule has 0 spiro atoms. The molecule has 0 amide bonds. The first-order valence-electron chi connectivity index (χ1n) is 8.35. The van der Waals surface area contributed by atoms with Crippen molar-refractivity contribution in [3.05, 3.63) is 23.9 Å². The Morgan fingerprint density at radius 1 is 1.05 bits per heavy atom. The molecule has 1 aromatic heterocycles. The van der Waals surface area contributed by atoms with Crippen LogP contribution in [0.15, 0.2) is 18.2 Å². The predicted molar refractivity (Wildman–Crippen MR) is 89.7 cm³/mol. The van der Waals surface area contributed by atoms with Crippen molar-refractivity contribution in [3.63, 3.8) is 0 Å². The molecule has 1 heterocycles.